The Morgan fingerprint density at radius 2 is 2.04 bits per heavy atom. The maximum Gasteiger partial charge on any atom is 0.245 e. The van der Waals surface area contributed by atoms with Gasteiger partial charge in [0.2, 0.25) is 15.9 Å². The van der Waals surface area contributed by atoms with Crippen LogP contribution in [0.25, 0.3) is 10.9 Å². The van der Waals surface area contributed by atoms with Crippen LogP contribution in [0.4, 0.5) is 5.82 Å². The molecule has 1 atom stereocenters. The summed E-state index contributed by atoms with van der Waals surface area (Å²) in [6, 6.07) is 9.62. The number of hydrogen-bond donors (Lipinski definition) is 1. The van der Waals surface area contributed by atoms with Gasteiger partial charge in [-0.05, 0) is 25.5 Å². The molecular formula is C18H20N4O4S. The molecular weight excluding hydrogens is 368 g/mol. The lowest BCUT2D eigenvalue weighted by Crippen LogP contribution is -2.43. The van der Waals surface area contributed by atoms with Gasteiger partial charge in [-0.1, -0.05) is 30.3 Å². The van der Waals surface area contributed by atoms with Crippen LogP contribution in [-0.4, -0.2) is 41.4 Å². The van der Waals surface area contributed by atoms with E-state index in [1.165, 1.54) is 22.7 Å². The fraction of sp³-hybridized carbons (Fsp3) is 0.278. The summed E-state index contributed by atoms with van der Waals surface area (Å²) in [5.41, 5.74) is 0.380. The molecule has 8 nitrogen and oxygen atoms in total. The summed E-state index contributed by atoms with van der Waals surface area (Å²) in [7, 11) is -3.95. The number of hydrogen-bond acceptors (Lipinski definition) is 6. The molecule has 1 aromatic carbocycles. The first-order valence-corrected chi connectivity index (χ1v) is 9.93. The van der Waals surface area contributed by atoms with Crippen LogP contribution in [0.5, 0.6) is 0 Å². The van der Waals surface area contributed by atoms with Gasteiger partial charge >= 0.3 is 0 Å². The number of nitrogens with one attached hydrogen (secondary N) is 1. The maximum absolute atomic E-state index is 13.4. The van der Waals surface area contributed by atoms with Gasteiger partial charge in [-0.3, -0.25) is 9.78 Å². The number of pyridine rings is 1. The van der Waals surface area contributed by atoms with E-state index >= 15 is 0 Å². The first kappa shape index (κ1) is 19.0. The van der Waals surface area contributed by atoms with Crippen LogP contribution < -0.4 is 5.32 Å². The van der Waals surface area contributed by atoms with Gasteiger partial charge in [-0.15, -0.1) is 0 Å². The van der Waals surface area contributed by atoms with Crippen LogP contribution in [0.1, 0.15) is 20.3 Å². The van der Waals surface area contributed by atoms with E-state index in [9.17, 15) is 13.2 Å². The molecule has 27 heavy (non-hydrogen) atoms. The fourth-order valence-corrected chi connectivity index (χ4v) is 4.52. The monoisotopic (exact) mass is 388 g/mol. The number of carbonyl (C=O) groups excluding carboxylic acids is 1. The summed E-state index contributed by atoms with van der Waals surface area (Å²) >= 11 is 0. The van der Waals surface area contributed by atoms with Gasteiger partial charge in [0.15, 0.2) is 5.82 Å². The third-order valence-electron chi connectivity index (χ3n) is 4.27. The van der Waals surface area contributed by atoms with Gasteiger partial charge in [-0.2, -0.15) is 4.31 Å². The molecule has 3 rings (SSSR count). The summed E-state index contributed by atoms with van der Waals surface area (Å²) in [6.45, 7) is 3.29. The first-order chi connectivity index (χ1) is 12.9. The number of fused-ring (bicyclic) bond motifs is 1. The lowest BCUT2D eigenvalue weighted by atomic mass is 10.2. The Bertz CT molecular complexity index is 1030. The highest BCUT2D eigenvalue weighted by atomic mass is 32.2. The number of anilines is 1. The number of sulfonamides is 1. The van der Waals surface area contributed by atoms with Crippen molar-refractivity contribution in [3.05, 3.63) is 48.9 Å². The molecule has 0 spiro atoms. The molecule has 0 saturated carbocycles. The smallest absolute Gasteiger partial charge is 0.245 e. The lowest BCUT2D eigenvalue weighted by molar-refractivity contribution is -0.116. The summed E-state index contributed by atoms with van der Waals surface area (Å²) in [5.74, 6) is -0.269. The molecule has 2 heterocycles. The number of aromatic nitrogens is 2. The zero-order chi connectivity index (χ0) is 19.4. The highest BCUT2D eigenvalue weighted by Gasteiger charge is 2.32. The molecule has 0 aliphatic heterocycles. The molecule has 0 saturated heterocycles. The van der Waals surface area contributed by atoms with Crippen molar-refractivity contribution in [1.29, 1.82) is 0 Å². The lowest BCUT2D eigenvalue weighted by Gasteiger charge is -2.27. The fourth-order valence-electron chi connectivity index (χ4n) is 2.69. The quantitative estimate of drug-likeness (QED) is 0.667. The average Bonchev–Trinajstić information content (AvgIpc) is 3.17. The Hall–Kier alpha value is -2.78. The van der Waals surface area contributed by atoms with Gasteiger partial charge in [0.1, 0.15) is 11.2 Å². The second-order valence-corrected chi connectivity index (χ2v) is 7.93. The van der Waals surface area contributed by atoms with Gasteiger partial charge < -0.3 is 9.84 Å². The van der Waals surface area contributed by atoms with E-state index < -0.39 is 15.9 Å². The summed E-state index contributed by atoms with van der Waals surface area (Å²) in [6.07, 6.45) is 3.42. The SMILES string of the molecule is CCC(C)N(CC(=O)Nc1ccon1)S(=O)(=O)c1cccc2cccnc12. The van der Waals surface area contributed by atoms with Crippen molar-refractivity contribution in [2.45, 2.75) is 31.2 Å². The Morgan fingerprint density at radius 1 is 1.26 bits per heavy atom. The Balaban J connectivity index is 1.96. The predicted octanol–water partition coefficient (Wildman–Crippen LogP) is 2.65. The van der Waals surface area contributed by atoms with E-state index in [1.54, 1.807) is 37.4 Å². The molecule has 0 fully saturated rings. The van der Waals surface area contributed by atoms with Crippen LogP contribution in [0.3, 0.4) is 0 Å². The van der Waals surface area contributed by atoms with Gasteiger partial charge in [0.25, 0.3) is 0 Å². The minimum absolute atomic E-state index is 0.0788. The number of amides is 1. The summed E-state index contributed by atoms with van der Waals surface area (Å²) < 4.78 is 32.6. The highest BCUT2D eigenvalue weighted by molar-refractivity contribution is 7.89. The van der Waals surface area contributed by atoms with Crippen LogP contribution in [0, 0.1) is 0 Å². The van der Waals surface area contributed by atoms with Crippen LogP contribution in [0.2, 0.25) is 0 Å². The summed E-state index contributed by atoms with van der Waals surface area (Å²) in [5, 5.41) is 6.85. The first-order valence-electron chi connectivity index (χ1n) is 8.49. The molecule has 0 bridgehead atoms. The molecule has 9 heteroatoms. The number of benzene rings is 1. The van der Waals surface area contributed by atoms with E-state index in [-0.39, 0.29) is 23.3 Å². The van der Waals surface area contributed by atoms with Crippen LogP contribution >= 0.6 is 0 Å². The molecule has 142 valence electrons. The second kappa shape index (κ2) is 7.85. The standard InChI is InChI=1S/C18H20N4O4S/c1-3-13(2)22(12-17(23)20-16-9-11-26-21-16)27(24,25)15-8-4-6-14-7-5-10-19-18(14)15/h4-11,13H,3,12H2,1-2H3,(H,20,21,23). The number of carbonyl (C=O) groups is 1. The van der Waals surface area contributed by atoms with Crippen molar-refractivity contribution in [3.63, 3.8) is 0 Å². The minimum atomic E-state index is -3.95. The Labute approximate surface area is 157 Å². The maximum atomic E-state index is 13.4. The van der Waals surface area contributed by atoms with E-state index in [1.807, 2.05) is 6.92 Å². The number of rotatable bonds is 7. The van der Waals surface area contributed by atoms with E-state index in [0.717, 1.165) is 5.39 Å². The van der Waals surface area contributed by atoms with E-state index in [0.29, 0.717) is 11.9 Å². The summed E-state index contributed by atoms with van der Waals surface area (Å²) in [4.78, 5) is 16.7. The van der Waals surface area contributed by atoms with E-state index in [4.69, 9.17) is 0 Å². The minimum Gasteiger partial charge on any atom is -0.363 e. The number of nitrogens with zero attached hydrogens (tertiary/aromatic N) is 3. The molecule has 1 N–H and O–H groups in total. The molecule has 0 radical (unpaired) electrons. The topological polar surface area (TPSA) is 105 Å². The predicted molar refractivity (Wildman–Crippen MR) is 101 cm³/mol. The normalized spacial score (nSPS) is 13.0. The van der Waals surface area contributed by atoms with Crippen molar-refractivity contribution in [2.24, 2.45) is 0 Å². The van der Waals surface area contributed by atoms with Crippen molar-refractivity contribution < 1.29 is 17.7 Å². The third kappa shape index (κ3) is 3.99. The largest absolute Gasteiger partial charge is 0.363 e. The highest BCUT2D eigenvalue weighted by Crippen LogP contribution is 2.26. The van der Waals surface area contributed by atoms with E-state index in [2.05, 4.69) is 20.0 Å². The Kier molecular flexibility index (Phi) is 5.52. The van der Waals surface area contributed by atoms with Crippen molar-refractivity contribution in [2.75, 3.05) is 11.9 Å². The molecule has 2 aromatic heterocycles. The molecule has 0 aliphatic rings. The molecule has 1 unspecified atom stereocenters. The van der Waals surface area contributed by atoms with Crippen molar-refractivity contribution >= 4 is 32.7 Å². The van der Waals surface area contributed by atoms with Gasteiger partial charge in [0.05, 0.1) is 12.1 Å². The molecule has 0 aliphatic carbocycles. The zero-order valence-corrected chi connectivity index (χ0v) is 15.8. The van der Waals surface area contributed by atoms with Gasteiger partial charge in [0, 0.05) is 23.7 Å². The second-order valence-electron chi connectivity index (χ2n) is 6.07. The average molecular weight is 388 g/mol. The zero-order valence-electron chi connectivity index (χ0n) is 15.0. The third-order valence-corrected chi connectivity index (χ3v) is 6.26. The Morgan fingerprint density at radius 3 is 2.74 bits per heavy atom. The van der Waals surface area contributed by atoms with Crippen LogP contribution in [0.15, 0.2) is 58.3 Å². The van der Waals surface area contributed by atoms with Crippen molar-refractivity contribution in [3.8, 4) is 0 Å². The van der Waals surface area contributed by atoms with Gasteiger partial charge in [-0.25, -0.2) is 8.42 Å². The van der Waals surface area contributed by atoms with Crippen LogP contribution in [-0.2, 0) is 14.8 Å². The number of para-hydroxylation sites is 1. The molecule has 1 amide bonds. The van der Waals surface area contributed by atoms with Crippen molar-refractivity contribution in [1.82, 2.24) is 14.4 Å². The molecule has 3 aromatic rings.